The van der Waals surface area contributed by atoms with E-state index in [1.807, 2.05) is 16.7 Å². The second-order valence-corrected chi connectivity index (χ2v) is 6.70. The van der Waals surface area contributed by atoms with Crippen molar-refractivity contribution in [3.63, 3.8) is 0 Å². The Morgan fingerprint density at radius 1 is 1.27 bits per heavy atom. The van der Waals surface area contributed by atoms with Crippen LogP contribution >= 0.6 is 22.9 Å². The van der Waals surface area contributed by atoms with Crippen LogP contribution in [0.4, 0.5) is 0 Å². The maximum Gasteiger partial charge on any atom is 0.286 e. The van der Waals surface area contributed by atoms with Crippen LogP contribution in [0.25, 0.3) is 10.2 Å². The van der Waals surface area contributed by atoms with Gasteiger partial charge >= 0.3 is 0 Å². The molecule has 0 N–H and O–H groups in total. The summed E-state index contributed by atoms with van der Waals surface area (Å²) in [7, 11) is 1.59. The topological polar surface area (TPSA) is 52.8 Å². The minimum Gasteiger partial charge on any atom is -0.497 e. The smallest absolute Gasteiger partial charge is 0.286 e. The lowest BCUT2D eigenvalue weighted by Crippen LogP contribution is -2.19. The van der Waals surface area contributed by atoms with Crippen molar-refractivity contribution >= 4 is 39.1 Å². The Hall–Kier alpha value is -2.75. The molecule has 1 amide bonds. The molecule has 0 radical (unpaired) electrons. The Balaban J connectivity index is 1.82. The number of halogens is 1. The SMILES string of the molecule is C#CCn1c(=NC(=O)COc2ccc(OC)cc2)sc2cc(Cl)ccc21. The van der Waals surface area contributed by atoms with Crippen molar-refractivity contribution in [1.82, 2.24) is 4.57 Å². The van der Waals surface area contributed by atoms with E-state index in [4.69, 9.17) is 27.5 Å². The third-order valence-corrected chi connectivity index (χ3v) is 4.81. The van der Waals surface area contributed by atoms with Crippen LogP contribution in [-0.4, -0.2) is 24.2 Å². The molecule has 1 heterocycles. The number of thiazole rings is 1. The van der Waals surface area contributed by atoms with Crippen LogP contribution < -0.4 is 14.3 Å². The monoisotopic (exact) mass is 386 g/mol. The van der Waals surface area contributed by atoms with Crippen molar-refractivity contribution in [2.24, 2.45) is 4.99 Å². The van der Waals surface area contributed by atoms with Gasteiger partial charge in [0.2, 0.25) is 0 Å². The highest BCUT2D eigenvalue weighted by molar-refractivity contribution is 7.16. The molecule has 0 aliphatic rings. The lowest BCUT2D eigenvalue weighted by atomic mass is 10.3. The van der Waals surface area contributed by atoms with Crippen LogP contribution in [0.3, 0.4) is 0 Å². The highest BCUT2D eigenvalue weighted by Crippen LogP contribution is 2.22. The van der Waals surface area contributed by atoms with Crippen molar-refractivity contribution < 1.29 is 14.3 Å². The van der Waals surface area contributed by atoms with Gasteiger partial charge in [0.05, 0.1) is 23.9 Å². The lowest BCUT2D eigenvalue weighted by Gasteiger charge is -2.04. The molecule has 0 fully saturated rings. The van der Waals surface area contributed by atoms with Gasteiger partial charge in [0, 0.05) is 5.02 Å². The number of nitrogens with zero attached hydrogens (tertiary/aromatic N) is 2. The second-order valence-electron chi connectivity index (χ2n) is 5.26. The molecule has 0 aliphatic carbocycles. The summed E-state index contributed by atoms with van der Waals surface area (Å²) in [4.78, 5) is 16.9. The number of fused-ring (bicyclic) bond motifs is 1. The fourth-order valence-corrected chi connectivity index (χ4v) is 3.66. The Bertz CT molecular complexity index is 1050. The van der Waals surface area contributed by atoms with Gasteiger partial charge in [-0.15, -0.1) is 6.42 Å². The van der Waals surface area contributed by atoms with E-state index >= 15 is 0 Å². The van der Waals surface area contributed by atoms with Gasteiger partial charge in [-0.05, 0) is 42.5 Å². The molecular weight excluding hydrogens is 372 g/mol. The summed E-state index contributed by atoms with van der Waals surface area (Å²) in [5, 5.41) is 0.618. The van der Waals surface area contributed by atoms with E-state index in [0.717, 1.165) is 10.2 Å². The number of hydrogen-bond donors (Lipinski definition) is 0. The molecule has 7 heteroatoms. The Labute approximate surface area is 159 Å². The van der Waals surface area contributed by atoms with E-state index in [2.05, 4.69) is 10.9 Å². The third-order valence-electron chi connectivity index (χ3n) is 3.54. The molecule has 0 saturated heterocycles. The highest BCUT2D eigenvalue weighted by Gasteiger charge is 2.08. The molecule has 1 aromatic heterocycles. The summed E-state index contributed by atoms with van der Waals surface area (Å²) in [6.07, 6.45) is 5.44. The second kappa shape index (κ2) is 8.09. The lowest BCUT2D eigenvalue weighted by molar-refractivity contribution is -0.120. The fraction of sp³-hybridized carbons (Fsp3) is 0.158. The minimum absolute atomic E-state index is 0.169. The van der Waals surface area contributed by atoms with E-state index in [-0.39, 0.29) is 6.61 Å². The summed E-state index contributed by atoms with van der Waals surface area (Å²) in [6, 6.07) is 12.4. The Kier molecular flexibility index (Phi) is 5.61. The van der Waals surface area contributed by atoms with Gasteiger partial charge in [0.1, 0.15) is 11.5 Å². The van der Waals surface area contributed by atoms with Crippen LogP contribution in [0.5, 0.6) is 11.5 Å². The summed E-state index contributed by atoms with van der Waals surface area (Å²) in [6.45, 7) is 0.143. The quantitative estimate of drug-likeness (QED) is 0.630. The molecule has 2 aromatic carbocycles. The zero-order valence-electron chi connectivity index (χ0n) is 13.9. The minimum atomic E-state index is -0.399. The maximum atomic E-state index is 12.2. The van der Waals surface area contributed by atoms with Crippen LogP contribution in [0.15, 0.2) is 47.5 Å². The van der Waals surface area contributed by atoms with Crippen molar-refractivity contribution in [3.05, 3.63) is 52.3 Å². The summed E-state index contributed by atoms with van der Waals surface area (Å²) in [5.41, 5.74) is 0.889. The number of hydrogen-bond acceptors (Lipinski definition) is 4. The van der Waals surface area contributed by atoms with Crippen molar-refractivity contribution in [3.8, 4) is 23.8 Å². The zero-order valence-corrected chi connectivity index (χ0v) is 15.5. The van der Waals surface area contributed by atoms with Gasteiger partial charge in [0.25, 0.3) is 5.91 Å². The third kappa shape index (κ3) is 4.07. The van der Waals surface area contributed by atoms with Gasteiger partial charge in [-0.25, -0.2) is 0 Å². The van der Waals surface area contributed by atoms with Gasteiger partial charge in [-0.3, -0.25) is 4.79 Å². The molecule has 132 valence electrons. The largest absolute Gasteiger partial charge is 0.497 e. The van der Waals surface area contributed by atoms with Crippen LogP contribution in [0.2, 0.25) is 5.02 Å². The molecule has 3 aromatic rings. The predicted molar refractivity (Wildman–Crippen MR) is 103 cm³/mol. The molecule has 0 saturated carbocycles. The Morgan fingerprint density at radius 2 is 2.00 bits per heavy atom. The molecule has 3 rings (SSSR count). The number of benzene rings is 2. The van der Waals surface area contributed by atoms with E-state index < -0.39 is 5.91 Å². The number of ether oxygens (including phenoxy) is 2. The van der Waals surface area contributed by atoms with Gasteiger partial charge in [-0.2, -0.15) is 4.99 Å². The van der Waals surface area contributed by atoms with Gasteiger partial charge in [-0.1, -0.05) is 28.9 Å². The number of terminal acetylenes is 1. The van der Waals surface area contributed by atoms with Crippen LogP contribution in [0.1, 0.15) is 0 Å². The van der Waals surface area contributed by atoms with Gasteiger partial charge < -0.3 is 14.0 Å². The normalized spacial score (nSPS) is 11.3. The van der Waals surface area contributed by atoms with Crippen molar-refractivity contribution in [2.75, 3.05) is 13.7 Å². The number of amides is 1. The Morgan fingerprint density at radius 3 is 2.69 bits per heavy atom. The molecule has 0 spiro atoms. The fourth-order valence-electron chi connectivity index (χ4n) is 2.33. The zero-order chi connectivity index (χ0) is 18.5. The number of aromatic nitrogens is 1. The van der Waals surface area contributed by atoms with E-state index in [0.29, 0.717) is 27.9 Å². The average molecular weight is 387 g/mol. The number of rotatable bonds is 5. The standard InChI is InChI=1S/C19H15ClN2O3S/c1-3-10-22-16-9-4-13(20)11-17(16)26-19(22)21-18(23)12-25-15-7-5-14(24-2)6-8-15/h1,4-9,11H,10,12H2,2H3. The molecular formula is C19H15ClN2O3S. The van der Waals surface area contributed by atoms with Crippen molar-refractivity contribution in [2.45, 2.75) is 6.54 Å². The van der Waals surface area contributed by atoms with E-state index in [1.165, 1.54) is 11.3 Å². The van der Waals surface area contributed by atoms with Crippen LogP contribution in [-0.2, 0) is 11.3 Å². The average Bonchev–Trinajstić information content (AvgIpc) is 2.97. The molecule has 26 heavy (non-hydrogen) atoms. The first kappa shape index (κ1) is 18.1. The summed E-state index contributed by atoms with van der Waals surface area (Å²) < 4.78 is 13.3. The molecule has 0 bridgehead atoms. The van der Waals surface area contributed by atoms with Gasteiger partial charge in [0.15, 0.2) is 11.4 Å². The molecule has 5 nitrogen and oxygen atoms in total. The van der Waals surface area contributed by atoms with Crippen LogP contribution in [0, 0.1) is 12.3 Å². The first-order chi connectivity index (χ1) is 12.6. The number of methoxy groups -OCH3 is 1. The number of carbonyl (C=O) groups excluding carboxylic acids is 1. The highest BCUT2D eigenvalue weighted by atomic mass is 35.5. The maximum absolute atomic E-state index is 12.2. The van der Waals surface area contributed by atoms with E-state index in [1.54, 1.807) is 37.4 Å². The predicted octanol–water partition coefficient (Wildman–Crippen LogP) is 3.50. The number of carbonyl (C=O) groups is 1. The summed E-state index contributed by atoms with van der Waals surface area (Å²) >= 11 is 7.39. The van der Waals surface area contributed by atoms with E-state index in [9.17, 15) is 4.79 Å². The van der Waals surface area contributed by atoms with Crippen molar-refractivity contribution in [1.29, 1.82) is 0 Å². The molecule has 0 atom stereocenters. The first-order valence-corrected chi connectivity index (χ1v) is 8.87. The molecule has 0 unspecified atom stereocenters. The summed E-state index contributed by atoms with van der Waals surface area (Å²) in [5.74, 6) is 3.46. The molecule has 0 aliphatic heterocycles. The first-order valence-electron chi connectivity index (χ1n) is 7.67.